The van der Waals surface area contributed by atoms with Gasteiger partial charge in [0.25, 0.3) is 5.91 Å². The van der Waals surface area contributed by atoms with Crippen LogP contribution in [-0.4, -0.2) is 42.7 Å². The highest BCUT2D eigenvalue weighted by Gasteiger charge is 2.21. The molecule has 1 heterocycles. The summed E-state index contributed by atoms with van der Waals surface area (Å²) in [5, 5.41) is 7.85. The van der Waals surface area contributed by atoms with Crippen molar-refractivity contribution in [3.05, 3.63) is 71.0 Å². The molecule has 3 rings (SSSR count). The molecule has 31 heavy (non-hydrogen) atoms. The molecule has 0 aliphatic carbocycles. The third-order valence-corrected chi connectivity index (χ3v) is 5.61. The molecular formula is C22H24ClN3O4S. The van der Waals surface area contributed by atoms with E-state index in [0.717, 1.165) is 17.6 Å². The molecule has 0 radical (unpaired) electrons. The van der Waals surface area contributed by atoms with Gasteiger partial charge in [-0.25, -0.2) is 13.1 Å². The van der Waals surface area contributed by atoms with E-state index in [0.29, 0.717) is 22.0 Å². The number of halogens is 1. The second kappa shape index (κ2) is 9.53. The Morgan fingerprint density at radius 2 is 1.94 bits per heavy atom. The van der Waals surface area contributed by atoms with E-state index in [1.54, 1.807) is 41.1 Å². The Bertz CT molecular complexity index is 1190. The molecule has 0 fully saturated rings. The Hall–Kier alpha value is -2.84. The number of amides is 1. The van der Waals surface area contributed by atoms with Gasteiger partial charge in [-0.1, -0.05) is 37.6 Å². The summed E-state index contributed by atoms with van der Waals surface area (Å²) in [5.41, 5.74) is 2.53. The SMILES string of the molecule is CC(C)c1c(C(=O)Nc2cccc(OCCS(C)(=O)=O)c2)cnn1-c1cccc(Cl)c1. The first-order valence-corrected chi connectivity index (χ1v) is 12.1. The van der Waals surface area contributed by atoms with Crippen molar-refractivity contribution in [3.63, 3.8) is 0 Å². The molecule has 1 N–H and O–H groups in total. The summed E-state index contributed by atoms with van der Waals surface area (Å²) < 4.78 is 29.7. The van der Waals surface area contributed by atoms with Crippen LogP contribution < -0.4 is 10.1 Å². The molecule has 1 amide bonds. The maximum atomic E-state index is 13.0. The number of sulfone groups is 1. The Labute approximate surface area is 186 Å². The van der Waals surface area contributed by atoms with Crippen molar-refractivity contribution in [2.24, 2.45) is 0 Å². The van der Waals surface area contributed by atoms with Gasteiger partial charge in [0, 0.05) is 23.0 Å². The number of carbonyl (C=O) groups excluding carboxylic acids is 1. The van der Waals surface area contributed by atoms with E-state index < -0.39 is 9.84 Å². The van der Waals surface area contributed by atoms with E-state index in [1.807, 2.05) is 26.0 Å². The first-order chi connectivity index (χ1) is 14.6. The lowest BCUT2D eigenvalue weighted by Gasteiger charge is -2.13. The lowest BCUT2D eigenvalue weighted by Crippen LogP contribution is -2.16. The summed E-state index contributed by atoms with van der Waals surface area (Å²) in [5.74, 6) is 0.127. The van der Waals surface area contributed by atoms with E-state index in [9.17, 15) is 13.2 Å². The van der Waals surface area contributed by atoms with Crippen LogP contribution in [0.2, 0.25) is 5.02 Å². The van der Waals surface area contributed by atoms with E-state index >= 15 is 0 Å². The minimum Gasteiger partial charge on any atom is -0.492 e. The molecule has 0 saturated carbocycles. The van der Waals surface area contributed by atoms with Crippen LogP contribution in [0.25, 0.3) is 5.69 Å². The highest BCUT2D eigenvalue weighted by atomic mass is 35.5. The molecule has 9 heteroatoms. The quantitative estimate of drug-likeness (QED) is 0.539. The number of aromatic nitrogens is 2. The van der Waals surface area contributed by atoms with Gasteiger partial charge in [0.05, 0.1) is 28.9 Å². The minimum atomic E-state index is -3.11. The van der Waals surface area contributed by atoms with E-state index in [4.69, 9.17) is 16.3 Å². The predicted molar refractivity (Wildman–Crippen MR) is 122 cm³/mol. The van der Waals surface area contributed by atoms with Crippen LogP contribution in [0.3, 0.4) is 0 Å². The Kier molecular flexibility index (Phi) is 7.02. The van der Waals surface area contributed by atoms with Crippen LogP contribution in [0, 0.1) is 0 Å². The zero-order chi connectivity index (χ0) is 22.6. The molecule has 2 aromatic carbocycles. The van der Waals surface area contributed by atoms with Gasteiger partial charge in [-0.2, -0.15) is 5.10 Å². The van der Waals surface area contributed by atoms with Crippen molar-refractivity contribution in [3.8, 4) is 11.4 Å². The molecule has 0 spiro atoms. The number of carbonyl (C=O) groups is 1. The second-order valence-electron chi connectivity index (χ2n) is 7.45. The average Bonchev–Trinajstić information content (AvgIpc) is 3.13. The Morgan fingerprint density at radius 1 is 1.19 bits per heavy atom. The van der Waals surface area contributed by atoms with Crippen molar-refractivity contribution >= 4 is 33.0 Å². The Morgan fingerprint density at radius 3 is 2.61 bits per heavy atom. The third kappa shape index (κ3) is 6.08. The van der Waals surface area contributed by atoms with Crippen molar-refractivity contribution < 1.29 is 17.9 Å². The minimum absolute atomic E-state index is 0.0351. The van der Waals surface area contributed by atoms with Crippen LogP contribution >= 0.6 is 11.6 Å². The molecule has 0 bridgehead atoms. The van der Waals surface area contributed by atoms with Gasteiger partial charge in [-0.05, 0) is 36.2 Å². The number of nitrogens with one attached hydrogen (secondary N) is 1. The maximum Gasteiger partial charge on any atom is 0.259 e. The fourth-order valence-corrected chi connectivity index (χ4v) is 3.65. The smallest absolute Gasteiger partial charge is 0.259 e. The standard InChI is InChI=1S/C22H24ClN3O4S/c1-15(2)21-20(14-24-26(21)18-8-4-6-16(23)12-18)22(27)25-17-7-5-9-19(13-17)30-10-11-31(3,28)29/h4-9,12-15H,10-11H2,1-3H3,(H,25,27). The van der Waals surface area contributed by atoms with Gasteiger partial charge in [-0.15, -0.1) is 0 Å². The number of benzene rings is 2. The zero-order valence-electron chi connectivity index (χ0n) is 17.5. The molecule has 3 aromatic rings. The molecule has 1 aromatic heterocycles. The van der Waals surface area contributed by atoms with Gasteiger partial charge in [0.2, 0.25) is 0 Å². The molecule has 0 aliphatic rings. The van der Waals surface area contributed by atoms with Crippen LogP contribution in [0.1, 0.15) is 35.8 Å². The van der Waals surface area contributed by atoms with Crippen molar-refractivity contribution in [2.45, 2.75) is 19.8 Å². The predicted octanol–water partition coefficient (Wildman–Crippen LogP) is 4.32. The second-order valence-corrected chi connectivity index (χ2v) is 10.1. The Balaban J connectivity index is 1.80. The fourth-order valence-electron chi connectivity index (χ4n) is 3.08. The number of hydrogen-bond acceptors (Lipinski definition) is 5. The van der Waals surface area contributed by atoms with Crippen LogP contribution in [0.5, 0.6) is 5.75 Å². The van der Waals surface area contributed by atoms with Gasteiger partial charge >= 0.3 is 0 Å². The largest absolute Gasteiger partial charge is 0.492 e. The van der Waals surface area contributed by atoms with E-state index in [-0.39, 0.29) is 24.2 Å². The summed E-state index contributed by atoms with van der Waals surface area (Å²) in [6.45, 7) is 4.02. The van der Waals surface area contributed by atoms with E-state index in [2.05, 4.69) is 10.4 Å². The van der Waals surface area contributed by atoms with Crippen LogP contribution in [-0.2, 0) is 9.84 Å². The van der Waals surface area contributed by atoms with Crippen molar-refractivity contribution in [2.75, 3.05) is 23.9 Å². The summed E-state index contributed by atoms with van der Waals surface area (Å²) in [6.07, 6.45) is 2.70. The number of rotatable bonds is 8. The monoisotopic (exact) mass is 461 g/mol. The highest BCUT2D eigenvalue weighted by molar-refractivity contribution is 7.90. The number of hydrogen-bond donors (Lipinski definition) is 1. The molecule has 0 saturated heterocycles. The number of ether oxygens (including phenoxy) is 1. The van der Waals surface area contributed by atoms with Gasteiger partial charge < -0.3 is 10.1 Å². The maximum absolute atomic E-state index is 13.0. The summed E-state index contributed by atoms with van der Waals surface area (Å²) >= 11 is 6.11. The number of anilines is 1. The first-order valence-electron chi connectivity index (χ1n) is 9.70. The third-order valence-electron chi connectivity index (χ3n) is 4.47. The molecule has 0 unspecified atom stereocenters. The van der Waals surface area contributed by atoms with Gasteiger partial charge in [0.1, 0.15) is 12.4 Å². The van der Waals surface area contributed by atoms with Crippen LogP contribution in [0.4, 0.5) is 5.69 Å². The molecule has 164 valence electrons. The summed E-state index contributed by atoms with van der Waals surface area (Å²) in [4.78, 5) is 13.0. The van der Waals surface area contributed by atoms with Gasteiger partial charge in [0.15, 0.2) is 9.84 Å². The van der Waals surface area contributed by atoms with E-state index in [1.165, 1.54) is 6.20 Å². The molecular weight excluding hydrogens is 438 g/mol. The van der Waals surface area contributed by atoms with Gasteiger partial charge in [-0.3, -0.25) is 4.79 Å². The molecule has 7 nitrogen and oxygen atoms in total. The highest BCUT2D eigenvalue weighted by Crippen LogP contribution is 2.26. The molecule has 0 aliphatic heterocycles. The lowest BCUT2D eigenvalue weighted by molar-refractivity contribution is 0.102. The lowest BCUT2D eigenvalue weighted by atomic mass is 10.0. The zero-order valence-corrected chi connectivity index (χ0v) is 19.1. The summed E-state index contributed by atoms with van der Waals surface area (Å²) in [6, 6.07) is 14.1. The average molecular weight is 462 g/mol. The van der Waals surface area contributed by atoms with Crippen LogP contribution in [0.15, 0.2) is 54.7 Å². The fraction of sp³-hybridized carbons (Fsp3) is 0.273. The van der Waals surface area contributed by atoms with Crippen molar-refractivity contribution in [1.29, 1.82) is 0 Å². The van der Waals surface area contributed by atoms with Crippen molar-refractivity contribution in [1.82, 2.24) is 9.78 Å². The normalized spacial score (nSPS) is 11.5. The first kappa shape index (κ1) is 22.8. The topological polar surface area (TPSA) is 90.3 Å². The summed E-state index contributed by atoms with van der Waals surface area (Å²) in [7, 11) is -3.11. The number of nitrogens with zero attached hydrogens (tertiary/aromatic N) is 2. The molecule has 0 atom stereocenters.